The van der Waals surface area contributed by atoms with E-state index in [0.29, 0.717) is 0 Å². The fourth-order valence-corrected chi connectivity index (χ4v) is 13.7. The lowest BCUT2D eigenvalue weighted by molar-refractivity contribution is 0.482. The average Bonchev–Trinajstić information content (AvgIpc) is 3.86. The van der Waals surface area contributed by atoms with Gasteiger partial charge in [-0.15, -0.1) is 0 Å². The molecule has 0 atom stereocenters. The highest BCUT2D eigenvalue weighted by molar-refractivity contribution is 6.11. The number of hydrogen-bond acceptors (Lipinski definition) is 4. The largest absolute Gasteiger partial charge is 0.457 e. The first-order valence-electron chi connectivity index (χ1n) is 27.9. The SMILES string of the molecule is CN1CN2c3cc(Oc4ccc5c6ccccc6n(-c6cc(-n7c8ccccc8c8ccccc87)ccn6)c5c4)ccc3C3(c4cccc1c42)c1c(cc(C(C)(C)C)cc1C(C)(C)C)-c1cc(C(C)(C)C)cc(C(C)(C)C)c13. The Hall–Kier alpha value is -8.09. The van der Waals surface area contributed by atoms with Crippen LogP contribution in [0.5, 0.6) is 11.5 Å². The van der Waals surface area contributed by atoms with Crippen LogP contribution in [0.4, 0.5) is 17.1 Å². The summed E-state index contributed by atoms with van der Waals surface area (Å²) in [4.78, 5) is 10.1. The molecule has 11 aromatic rings. The third-order valence-corrected chi connectivity index (χ3v) is 17.5. The summed E-state index contributed by atoms with van der Waals surface area (Å²) in [5, 5.41) is 4.78. The summed E-state index contributed by atoms with van der Waals surface area (Å²) in [5.41, 5.74) is 21.9. The van der Waals surface area contributed by atoms with Crippen molar-refractivity contribution in [2.75, 3.05) is 23.5 Å². The topological polar surface area (TPSA) is 38.5 Å². The van der Waals surface area contributed by atoms with Crippen molar-refractivity contribution in [1.82, 2.24) is 14.1 Å². The highest BCUT2D eigenvalue weighted by atomic mass is 16.5. The summed E-state index contributed by atoms with van der Waals surface area (Å²) in [5.74, 6) is 2.40. The molecule has 6 heteroatoms. The Labute approximate surface area is 459 Å². The van der Waals surface area contributed by atoms with Crippen molar-refractivity contribution in [1.29, 1.82) is 0 Å². The lowest BCUT2D eigenvalue weighted by atomic mass is 9.59. The smallest absolute Gasteiger partial charge is 0.139 e. The summed E-state index contributed by atoms with van der Waals surface area (Å²) in [6.45, 7) is 29.5. The first kappa shape index (κ1) is 48.3. The molecule has 5 heterocycles. The maximum atomic E-state index is 7.22. The van der Waals surface area contributed by atoms with Crippen LogP contribution in [-0.4, -0.2) is 27.8 Å². The predicted molar refractivity (Wildman–Crippen MR) is 327 cm³/mol. The van der Waals surface area contributed by atoms with Gasteiger partial charge in [-0.1, -0.05) is 180 Å². The summed E-state index contributed by atoms with van der Waals surface area (Å²) in [6, 6.07) is 61.3. The van der Waals surface area contributed by atoms with E-state index in [2.05, 4.69) is 273 Å². The van der Waals surface area contributed by atoms with E-state index in [1.165, 1.54) is 99.9 Å². The van der Waals surface area contributed by atoms with Gasteiger partial charge in [0.25, 0.3) is 0 Å². The first-order chi connectivity index (χ1) is 37.1. The molecule has 0 unspecified atom stereocenters. The molecule has 388 valence electrons. The fourth-order valence-electron chi connectivity index (χ4n) is 13.7. The number of fused-ring (bicyclic) bond motifs is 15. The zero-order valence-electron chi connectivity index (χ0n) is 47.5. The number of pyridine rings is 1. The van der Waals surface area contributed by atoms with Crippen LogP contribution in [0.2, 0.25) is 0 Å². The molecular formula is C72H69N5O. The molecule has 3 aromatic heterocycles. The van der Waals surface area contributed by atoms with Crippen molar-refractivity contribution in [2.24, 2.45) is 0 Å². The predicted octanol–water partition coefficient (Wildman–Crippen LogP) is 18.5. The van der Waals surface area contributed by atoms with Crippen molar-refractivity contribution < 1.29 is 4.74 Å². The van der Waals surface area contributed by atoms with Gasteiger partial charge in [-0.2, -0.15) is 0 Å². The standard InChI is InChI=1S/C72H69N5O/c1-68(2,3)43-35-52-53-36-44(69(4,5)6)38-57(71(10,11)12)66(53)72(65(52)56(37-43)70(7,8)9)54-32-30-47(41-63(54)75-42-74(13)61-28-20-24-55(72)67(61)75)78-46-29-31-51-50-23-16-19-27-60(50)77(62(51)40-46)64-39-45(33-34-73-64)76-58-25-17-14-21-48(58)49-22-15-18-26-59(49)76/h14-41H,42H2,1-13H3. The van der Waals surface area contributed by atoms with E-state index in [1.807, 2.05) is 6.20 Å². The molecule has 1 spiro atoms. The van der Waals surface area contributed by atoms with Gasteiger partial charge in [0.05, 0.1) is 56.9 Å². The fraction of sp³-hybridized carbons (Fsp3) is 0.264. The lowest BCUT2D eigenvalue weighted by Crippen LogP contribution is -2.40. The molecule has 3 aliphatic rings. The number of nitrogens with zero attached hydrogens (tertiary/aromatic N) is 5. The highest BCUT2D eigenvalue weighted by Gasteiger charge is 2.57. The molecule has 0 fully saturated rings. The van der Waals surface area contributed by atoms with E-state index < -0.39 is 5.41 Å². The molecular weight excluding hydrogens is 951 g/mol. The van der Waals surface area contributed by atoms with Gasteiger partial charge in [-0.25, -0.2) is 4.98 Å². The average molecular weight is 1020 g/mol. The van der Waals surface area contributed by atoms with Gasteiger partial charge in [0.1, 0.15) is 17.3 Å². The van der Waals surface area contributed by atoms with Crippen molar-refractivity contribution in [3.63, 3.8) is 0 Å². The third-order valence-electron chi connectivity index (χ3n) is 17.5. The minimum atomic E-state index is -0.635. The normalized spacial score (nSPS) is 14.7. The van der Waals surface area contributed by atoms with Gasteiger partial charge >= 0.3 is 0 Å². The van der Waals surface area contributed by atoms with Crippen LogP contribution >= 0.6 is 0 Å². The Kier molecular flexibility index (Phi) is 10.1. The van der Waals surface area contributed by atoms with Crippen LogP contribution < -0.4 is 14.5 Å². The third kappa shape index (κ3) is 6.83. The van der Waals surface area contributed by atoms with Crippen molar-refractivity contribution in [3.8, 4) is 34.1 Å². The maximum absolute atomic E-state index is 7.22. The number of para-hydroxylation sites is 4. The molecule has 14 rings (SSSR count). The number of ether oxygens (including phenoxy) is 1. The Morgan fingerprint density at radius 3 is 1.54 bits per heavy atom. The van der Waals surface area contributed by atoms with Crippen LogP contribution in [0, 0.1) is 0 Å². The van der Waals surface area contributed by atoms with E-state index in [0.717, 1.165) is 46.1 Å². The van der Waals surface area contributed by atoms with E-state index in [9.17, 15) is 0 Å². The molecule has 1 aliphatic carbocycles. The van der Waals surface area contributed by atoms with Gasteiger partial charge < -0.3 is 19.1 Å². The van der Waals surface area contributed by atoms with Crippen molar-refractivity contribution >= 4 is 60.7 Å². The van der Waals surface area contributed by atoms with E-state index in [1.54, 1.807) is 0 Å². The van der Waals surface area contributed by atoms with E-state index in [-0.39, 0.29) is 21.7 Å². The number of anilines is 3. The van der Waals surface area contributed by atoms with Crippen molar-refractivity contribution in [2.45, 2.75) is 110 Å². The second-order valence-electron chi connectivity index (χ2n) is 26.6. The molecule has 0 radical (unpaired) electrons. The number of rotatable bonds is 4. The monoisotopic (exact) mass is 1020 g/mol. The number of aromatic nitrogens is 3. The van der Waals surface area contributed by atoms with Gasteiger partial charge in [-0.05, 0) is 126 Å². The van der Waals surface area contributed by atoms with Crippen LogP contribution in [0.25, 0.3) is 66.2 Å². The molecule has 78 heavy (non-hydrogen) atoms. The molecule has 2 aliphatic heterocycles. The van der Waals surface area contributed by atoms with Gasteiger partial charge in [0, 0.05) is 53.0 Å². The quantitative estimate of drug-likeness (QED) is 0.176. The first-order valence-corrected chi connectivity index (χ1v) is 27.9. The van der Waals surface area contributed by atoms with E-state index >= 15 is 0 Å². The highest BCUT2D eigenvalue weighted by Crippen LogP contribution is 2.68. The van der Waals surface area contributed by atoms with Gasteiger partial charge in [0.2, 0.25) is 0 Å². The summed E-state index contributed by atoms with van der Waals surface area (Å²) in [7, 11) is 2.24. The molecule has 0 amide bonds. The molecule has 0 saturated heterocycles. The molecule has 6 nitrogen and oxygen atoms in total. The van der Waals surface area contributed by atoms with Crippen molar-refractivity contribution in [3.05, 3.63) is 214 Å². The van der Waals surface area contributed by atoms with Crippen LogP contribution in [0.3, 0.4) is 0 Å². The molecule has 0 N–H and O–H groups in total. The van der Waals surface area contributed by atoms with Gasteiger partial charge in [-0.3, -0.25) is 4.57 Å². The Balaban J connectivity index is 0.983. The Bertz CT molecular complexity index is 4210. The van der Waals surface area contributed by atoms with Gasteiger partial charge in [0.15, 0.2) is 0 Å². The molecule has 8 aromatic carbocycles. The van der Waals surface area contributed by atoms with Crippen LogP contribution in [0.1, 0.15) is 128 Å². The minimum absolute atomic E-state index is 0.0605. The second kappa shape index (κ2) is 16.2. The Morgan fingerprint density at radius 2 is 0.974 bits per heavy atom. The zero-order chi connectivity index (χ0) is 54.2. The maximum Gasteiger partial charge on any atom is 0.139 e. The van der Waals surface area contributed by atoms with E-state index in [4.69, 9.17) is 9.72 Å². The van der Waals surface area contributed by atoms with Crippen LogP contribution in [-0.2, 0) is 27.1 Å². The van der Waals surface area contributed by atoms with Crippen LogP contribution in [0.15, 0.2) is 170 Å². The minimum Gasteiger partial charge on any atom is -0.457 e. The zero-order valence-corrected chi connectivity index (χ0v) is 47.5. The summed E-state index contributed by atoms with van der Waals surface area (Å²) in [6.07, 6.45) is 1.94. The number of benzene rings is 8. The summed E-state index contributed by atoms with van der Waals surface area (Å²) < 4.78 is 11.9. The summed E-state index contributed by atoms with van der Waals surface area (Å²) >= 11 is 0. The molecule has 0 saturated carbocycles. The second-order valence-corrected chi connectivity index (χ2v) is 26.6. The molecule has 0 bridgehead atoms. The Morgan fingerprint density at radius 1 is 0.449 bits per heavy atom. The lowest BCUT2D eigenvalue weighted by Gasteiger charge is -2.46. The number of hydrogen-bond donors (Lipinski definition) is 0.